The molecule has 0 amide bonds. The number of H-pyrrole nitrogens is 1. The van der Waals surface area contributed by atoms with Crippen molar-refractivity contribution in [1.29, 1.82) is 0 Å². The number of hydrogen-bond donors (Lipinski definition) is 1. The van der Waals surface area contributed by atoms with E-state index in [9.17, 15) is 0 Å². The Bertz CT molecular complexity index is 376. The third-order valence-corrected chi connectivity index (χ3v) is 3.65. The number of nitrogens with zero attached hydrogens (tertiary/aromatic N) is 2. The van der Waals surface area contributed by atoms with Crippen molar-refractivity contribution in [3.8, 4) is 0 Å². The summed E-state index contributed by atoms with van der Waals surface area (Å²) >= 11 is 5.29. The summed E-state index contributed by atoms with van der Waals surface area (Å²) in [6.45, 7) is 12.2. The Balaban J connectivity index is 2.42. The number of aromatic nitrogens is 2. The molecule has 0 saturated heterocycles. The minimum atomic E-state index is 0.489. The fraction of sp³-hybridized carbons (Fsp3) is 0.769. The predicted molar refractivity (Wildman–Crippen MR) is 76.1 cm³/mol. The molecule has 1 aromatic rings. The van der Waals surface area contributed by atoms with Crippen molar-refractivity contribution in [3.05, 3.63) is 16.7 Å². The van der Waals surface area contributed by atoms with Gasteiger partial charge in [0.05, 0.1) is 0 Å². The maximum atomic E-state index is 5.29. The summed E-state index contributed by atoms with van der Waals surface area (Å²) in [6.07, 6.45) is 4.53. The molecule has 0 saturated carbocycles. The van der Waals surface area contributed by atoms with Crippen molar-refractivity contribution in [1.82, 2.24) is 14.5 Å². The molecule has 0 fully saturated rings. The minimum absolute atomic E-state index is 0.489. The Morgan fingerprint density at radius 1 is 1.41 bits per heavy atom. The van der Waals surface area contributed by atoms with E-state index in [0.29, 0.717) is 6.04 Å². The van der Waals surface area contributed by atoms with Gasteiger partial charge in [0.1, 0.15) is 0 Å². The Morgan fingerprint density at radius 3 is 2.53 bits per heavy atom. The van der Waals surface area contributed by atoms with Gasteiger partial charge in [0.25, 0.3) is 0 Å². The third kappa shape index (κ3) is 4.28. The SMILES string of the molecule is CCN(CC)CCCC(C)n1cc(C)[nH]c1=S. The van der Waals surface area contributed by atoms with Crippen LogP contribution in [0.15, 0.2) is 6.20 Å². The van der Waals surface area contributed by atoms with Crippen molar-refractivity contribution in [2.45, 2.75) is 46.6 Å². The molecular formula is C13H25N3S. The number of hydrogen-bond acceptors (Lipinski definition) is 2. The lowest BCUT2D eigenvalue weighted by molar-refractivity contribution is 0.288. The summed E-state index contributed by atoms with van der Waals surface area (Å²) < 4.78 is 3.02. The van der Waals surface area contributed by atoms with Crippen LogP contribution in [0.3, 0.4) is 0 Å². The zero-order valence-corrected chi connectivity index (χ0v) is 12.3. The first-order valence-electron chi connectivity index (χ1n) is 6.58. The van der Waals surface area contributed by atoms with Crippen molar-refractivity contribution >= 4 is 12.2 Å². The van der Waals surface area contributed by atoms with E-state index in [1.165, 1.54) is 19.4 Å². The summed E-state index contributed by atoms with van der Waals surface area (Å²) in [7, 11) is 0. The number of nitrogens with one attached hydrogen (secondary N) is 1. The van der Waals surface area contributed by atoms with Gasteiger partial charge in [-0.2, -0.15) is 0 Å². The van der Waals surface area contributed by atoms with E-state index in [2.05, 4.69) is 48.3 Å². The first kappa shape index (κ1) is 14.5. The summed E-state index contributed by atoms with van der Waals surface area (Å²) in [4.78, 5) is 5.64. The van der Waals surface area contributed by atoms with Gasteiger partial charge in [0.15, 0.2) is 4.77 Å². The molecule has 17 heavy (non-hydrogen) atoms. The average molecular weight is 255 g/mol. The highest BCUT2D eigenvalue weighted by Crippen LogP contribution is 2.15. The van der Waals surface area contributed by atoms with Crippen LogP contribution >= 0.6 is 12.2 Å². The molecule has 0 aliphatic rings. The van der Waals surface area contributed by atoms with Crippen LogP contribution < -0.4 is 0 Å². The second-order valence-corrected chi connectivity index (χ2v) is 5.05. The molecule has 0 aliphatic heterocycles. The second kappa shape index (κ2) is 6.97. The monoisotopic (exact) mass is 255 g/mol. The molecule has 0 aliphatic carbocycles. The van der Waals surface area contributed by atoms with Crippen molar-refractivity contribution in [2.75, 3.05) is 19.6 Å². The normalized spacial score (nSPS) is 13.2. The lowest BCUT2D eigenvalue weighted by Gasteiger charge is -2.19. The van der Waals surface area contributed by atoms with Crippen molar-refractivity contribution < 1.29 is 0 Å². The maximum absolute atomic E-state index is 5.29. The van der Waals surface area contributed by atoms with Gasteiger partial charge in [-0.15, -0.1) is 0 Å². The molecule has 1 rings (SSSR count). The van der Waals surface area contributed by atoms with Crippen molar-refractivity contribution in [3.63, 3.8) is 0 Å². The lowest BCUT2D eigenvalue weighted by Crippen LogP contribution is -2.24. The van der Waals surface area contributed by atoms with Gasteiger partial charge in [-0.3, -0.25) is 0 Å². The maximum Gasteiger partial charge on any atom is 0.177 e. The van der Waals surface area contributed by atoms with Gasteiger partial charge in [-0.25, -0.2) is 0 Å². The molecule has 0 bridgehead atoms. The fourth-order valence-electron chi connectivity index (χ4n) is 2.15. The highest BCUT2D eigenvalue weighted by molar-refractivity contribution is 7.71. The van der Waals surface area contributed by atoms with Crippen LogP contribution in [-0.4, -0.2) is 34.1 Å². The van der Waals surface area contributed by atoms with E-state index in [4.69, 9.17) is 12.2 Å². The van der Waals surface area contributed by atoms with Crippen molar-refractivity contribution in [2.24, 2.45) is 0 Å². The molecule has 1 N–H and O–H groups in total. The Kier molecular flexibility index (Phi) is 5.92. The van der Waals surface area contributed by atoms with Crippen LogP contribution in [0.2, 0.25) is 0 Å². The highest BCUT2D eigenvalue weighted by atomic mass is 32.1. The van der Waals surface area contributed by atoms with Crippen LogP contribution in [-0.2, 0) is 0 Å². The highest BCUT2D eigenvalue weighted by Gasteiger charge is 2.07. The van der Waals surface area contributed by atoms with Crippen LogP contribution in [0.4, 0.5) is 0 Å². The molecular weight excluding hydrogens is 230 g/mol. The smallest absolute Gasteiger partial charge is 0.177 e. The van der Waals surface area contributed by atoms with E-state index < -0.39 is 0 Å². The third-order valence-electron chi connectivity index (χ3n) is 3.34. The lowest BCUT2D eigenvalue weighted by atomic mass is 10.1. The Labute approximate surface area is 110 Å². The molecule has 1 heterocycles. The molecule has 1 aromatic heterocycles. The van der Waals surface area contributed by atoms with Gasteiger partial charge in [0, 0.05) is 17.9 Å². The molecule has 0 radical (unpaired) electrons. The molecule has 0 spiro atoms. The van der Waals surface area contributed by atoms with E-state index in [1.807, 2.05) is 0 Å². The average Bonchev–Trinajstić information content (AvgIpc) is 2.64. The molecule has 0 aromatic carbocycles. The van der Waals surface area contributed by atoms with Crippen LogP contribution in [0.5, 0.6) is 0 Å². The second-order valence-electron chi connectivity index (χ2n) is 4.67. The van der Waals surface area contributed by atoms with E-state index in [0.717, 1.165) is 23.6 Å². The zero-order valence-electron chi connectivity index (χ0n) is 11.5. The molecule has 3 nitrogen and oxygen atoms in total. The van der Waals surface area contributed by atoms with Gasteiger partial charge >= 0.3 is 0 Å². The number of aromatic amines is 1. The molecule has 1 atom stereocenters. The molecule has 4 heteroatoms. The van der Waals surface area contributed by atoms with Crippen LogP contribution in [0.25, 0.3) is 0 Å². The predicted octanol–water partition coefficient (Wildman–Crippen LogP) is 3.54. The Morgan fingerprint density at radius 2 is 2.06 bits per heavy atom. The minimum Gasteiger partial charge on any atom is -0.335 e. The Hall–Kier alpha value is -0.610. The van der Waals surface area contributed by atoms with Gasteiger partial charge in [-0.05, 0) is 58.5 Å². The van der Waals surface area contributed by atoms with Crippen LogP contribution in [0, 0.1) is 11.7 Å². The van der Waals surface area contributed by atoms with Gasteiger partial charge in [-0.1, -0.05) is 13.8 Å². The van der Waals surface area contributed by atoms with Gasteiger partial charge in [0.2, 0.25) is 0 Å². The fourth-order valence-corrected chi connectivity index (χ4v) is 2.54. The summed E-state index contributed by atoms with van der Waals surface area (Å²) in [5.74, 6) is 0. The topological polar surface area (TPSA) is 24.0 Å². The standard InChI is InChI=1S/C13H25N3S/c1-5-15(6-2)9-7-8-12(4)16-10-11(3)14-13(16)17/h10,12H,5-9H2,1-4H3,(H,14,17). The quantitative estimate of drug-likeness (QED) is 0.754. The van der Waals surface area contributed by atoms with E-state index in [1.54, 1.807) is 0 Å². The number of aryl methyl sites for hydroxylation is 1. The van der Waals surface area contributed by atoms with Crippen LogP contribution in [0.1, 0.15) is 45.3 Å². The molecule has 1 unspecified atom stereocenters. The number of rotatable bonds is 7. The van der Waals surface area contributed by atoms with E-state index >= 15 is 0 Å². The van der Waals surface area contributed by atoms with Gasteiger partial charge < -0.3 is 14.5 Å². The number of imidazole rings is 1. The first-order valence-corrected chi connectivity index (χ1v) is 6.99. The summed E-state index contributed by atoms with van der Waals surface area (Å²) in [5.41, 5.74) is 1.14. The zero-order chi connectivity index (χ0) is 12.8. The summed E-state index contributed by atoms with van der Waals surface area (Å²) in [5, 5.41) is 0. The largest absolute Gasteiger partial charge is 0.335 e. The van der Waals surface area contributed by atoms with E-state index in [-0.39, 0.29) is 0 Å². The first-order chi connectivity index (χ1) is 8.08. The molecule has 98 valence electrons. The summed E-state index contributed by atoms with van der Waals surface area (Å²) in [6, 6.07) is 0.489.